The minimum absolute atomic E-state index is 0. The van der Waals surface area contributed by atoms with E-state index in [0.717, 1.165) is 21.8 Å². The predicted molar refractivity (Wildman–Crippen MR) is 265 cm³/mol. The van der Waals surface area contributed by atoms with E-state index in [1.54, 1.807) is 71.8 Å². The predicted octanol–water partition coefficient (Wildman–Crippen LogP) is 9.13. The van der Waals surface area contributed by atoms with Crippen LogP contribution in [0.15, 0.2) is 122 Å². The van der Waals surface area contributed by atoms with E-state index in [2.05, 4.69) is 19.9 Å². The van der Waals surface area contributed by atoms with Crippen molar-refractivity contribution in [2.75, 3.05) is 21.3 Å². The number of para-hydroxylation sites is 2. The number of aromatic nitrogens is 6. The Morgan fingerprint density at radius 2 is 1.04 bits per heavy atom. The van der Waals surface area contributed by atoms with Crippen molar-refractivity contribution in [1.29, 1.82) is 0 Å². The maximum absolute atomic E-state index is 14.8. The maximum atomic E-state index is 14.8. The summed E-state index contributed by atoms with van der Waals surface area (Å²) >= 11 is 13.0. The van der Waals surface area contributed by atoms with E-state index < -0.39 is 17.8 Å². The number of pyridine rings is 4. The first-order valence-corrected chi connectivity index (χ1v) is 22.1. The van der Waals surface area contributed by atoms with Crippen LogP contribution in [-0.2, 0) is 17.8 Å². The van der Waals surface area contributed by atoms with Gasteiger partial charge in [-0.15, -0.1) is 0 Å². The number of halogens is 4. The number of rotatable bonds is 10. The molecule has 0 saturated carbocycles. The van der Waals surface area contributed by atoms with Crippen molar-refractivity contribution in [2.24, 2.45) is 0 Å². The molecule has 0 fully saturated rings. The summed E-state index contributed by atoms with van der Waals surface area (Å²) in [6.45, 7) is 3.57. The molecule has 0 atom stereocenters. The van der Waals surface area contributed by atoms with Gasteiger partial charge in [0.25, 0.3) is 0 Å². The quantitative estimate of drug-likeness (QED) is 0.0787. The SMILES string of the molecule is COC(=O)c1c(-c2cccnc2OC)c2cc(C)c(F)cc2n1Cc1cc2ccccc2nc1Cl.COc1ncccc1-c1c(C(=O)O)n(Cc2cc3ccccc3nc2Cl)c2cc(F)c(C)cc12.[Li+].[OH-]. The first kappa shape index (κ1) is 51.5. The smallest absolute Gasteiger partial charge is 0.870 e. The Hall–Kier alpha value is -7.38. The number of carboxylic acids is 1. The van der Waals surface area contributed by atoms with Gasteiger partial charge in [-0.3, -0.25) is 0 Å². The van der Waals surface area contributed by atoms with Crippen molar-refractivity contribution in [3.8, 4) is 34.0 Å². The average Bonchev–Trinajstić information content (AvgIpc) is 3.82. The Morgan fingerprint density at radius 1 is 0.620 bits per heavy atom. The minimum Gasteiger partial charge on any atom is -0.870 e. The van der Waals surface area contributed by atoms with Gasteiger partial charge in [-0.2, -0.15) is 0 Å². The third kappa shape index (κ3) is 9.62. The molecule has 4 aromatic carbocycles. The number of esters is 1. The number of aromatic carboxylic acids is 1. The molecule has 0 amide bonds. The van der Waals surface area contributed by atoms with E-state index in [1.807, 2.05) is 60.7 Å². The van der Waals surface area contributed by atoms with Crippen molar-refractivity contribution >= 4 is 78.8 Å². The molecule has 10 rings (SSSR count). The Morgan fingerprint density at radius 3 is 1.46 bits per heavy atom. The summed E-state index contributed by atoms with van der Waals surface area (Å²) in [5.41, 5.74) is 6.82. The molecule has 0 aliphatic rings. The zero-order valence-corrected chi connectivity index (χ0v) is 40.6. The van der Waals surface area contributed by atoms with Gasteiger partial charge in [0.05, 0.1) is 56.5 Å². The summed E-state index contributed by atoms with van der Waals surface area (Å²) in [5.74, 6) is -1.96. The summed E-state index contributed by atoms with van der Waals surface area (Å²) in [6, 6.07) is 32.1. The van der Waals surface area contributed by atoms with Gasteiger partial charge in [-0.25, -0.2) is 38.3 Å². The number of carbonyl (C=O) groups excluding carboxylic acids is 1. The largest absolute Gasteiger partial charge is 1.00 e. The molecular formula is C53H41Cl2F2LiN6O7. The van der Waals surface area contributed by atoms with Crippen LogP contribution in [0.3, 0.4) is 0 Å². The summed E-state index contributed by atoms with van der Waals surface area (Å²) in [4.78, 5) is 43.3. The van der Waals surface area contributed by atoms with Gasteiger partial charge in [0.15, 0.2) is 0 Å². The zero-order valence-electron chi connectivity index (χ0n) is 39.1. The molecule has 0 saturated heterocycles. The van der Waals surface area contributed by atoms with Crippen LogP contribution in [0.4, 0.5) is 8.78 Å². The monoisotopic (exact) mass is 988 g/mol. The summed E-state index contributed by atoms with van der Waals surface area (Å²) in [7, 11) is 4.29. The van der Waals surface area contributed by atoms with Crippen LogP contribution in [0, 0.1) is 25.5 Å². The number of hydrogen-bond donors (Lipinski definition) is 1. The molecule has 354 valence electrons. The topological polar surface area (TPSA) is 173 Å². The number of carbonyl (C=O) groups is 2. The summed E-state index contributed by atoms with van der Waals surface area (Å²) in [6.07, 6.45) is 3.16. The summed E-state index contributed by atoms with van der Waals surface area (Å²) in [5, 5.41) is 13.9. The molecule has 0 unspecified atom stereocenters. The van der Waals surface area contributed by atoms with E-state index in [9.17, 15) is 23.5 Å². The van der Waals surface area contributed by atoms with Crippen molar-refractivity contribution in [1.82, 2.24) is 29.1 Å². The van der Waals surface area contributed by atoms with Gasteiger partial charge in [0.2, 0.25) is 11.8 Å². The van der Waals surface area contributed by atoms with E-state index in [0.29, 0.717) is 77.3 Å². The number of methoxy groups -OCH3 is 3. The molecule has 0 aliphatic carbocycles. The second-order valence-corrected chi connectivity index (χ2v) is 16.8. The molecule has 13 nitrogen and oxygen atoms in total. The van der Waals surface area contributed by atoms with Crippen molar-refractivity contribution in [3.05, 3.63) is 177 Å². The van der Waals surface area contributed by atoms with Gasteiger partial charge in [-0.1, -0.05) is 59.6 Å². The van der Waals surface area contributed by atoms with Crippen LogP contribution >= 0.6 is 23.2 Å². The van der Waals surface area contributed by atoms with Gasteiger partial charge in [0.1, 0.15) is 33.3 Å². The number of fused-ring (bicyclic) bond motifs is 4. The molecule has 6 heterocycles. The third-order valence-corrected chi connectivity index (χ3v) is 12.5. The van der Waals surface area contributed by atoms with Crippen LogP contribution in [0.25, 0.3) is 65.9 Å². The molecule has 10 aromatic rings. The molecule has 71 heavy (non-hydrogen) atoms. The molecule has 0 radical (unpaired) electrons. The second kappa shape index (κ2) is 21.3. The molecule has 2 N–H and O–H groups in total. The van der Waals surface area contributed by atoms with Crippen molar-refractivity contribution in [2.45, 2.75) is 26.9 Å². The van der Waals surface area contributed by atoms with E-state index in [4.69, 9.17) is 37.4 Å². The Labute approximate surface area is 427 Å². The van der Waals surface area contributed by atoms with E-state index in [1.165, 1.54) is 33.5 Å². The molecule has 0 bridgehead atoms. The third-order valence-electron chi connectivity index (χ3n) is 11.9. The Balaban J connectivity index is 0.000000203. The van der Waals surface area contributed by atoms with Crippen molar-refractivity contribution in [3.63, 3.8) is 0 Å². The molecular weight excluding hydrogens is 948 g/mol. The number of carboxylic acid groups (broad SMARTS) is 1. The van der Waals surface area contributed by atoms with E-state index >= 15 is 0 Å². The molecule has 18 heteroatoms. The fraction of sp³-hybridized carbons (Fsp3) is 0.132. The number of nitrogens with zero attached hydrogens (tertiary/aromatic N) is 6. The van der Waals surface area contributed by atoms with E-state index in [-0.39, 0.29) is 65.7 Å². The van der Waals surface area contributed by atoms with Gasteiger partial charge >= 0.3 is 30.8 Å². The maximum Gasteiger partial charge on any atom is 1.00 e. The standard InChI is InChI=1S/C27H21ClFN3O3.C26H19ClFN3O3.Li.H2O/c1-15-11-19-22(13-20(15)29)32(14-17-12-16-7-4-5-9-21(16)31-25(17)28)24(27(33)35-3)23(19)18-8-6-10-30-26(18)34-2;1-14-10-18-21(12-19(14)28)31(13-16-11-15-6-3-4-8-20(15)30-24(16)27)23(26(32)33)22(18)17-7-5-9-29-25(17)34-2;;/h4-13H,14H2,1-3H3;3-12H,13H2,1-2H3,(H,32,33);;1H2/q;;+1;/p-1. The number of benzene rings is 4. The fourth-order valence-corrected chi connectivity index (χ4v) is 9.09. The van der Waals surface area contributed by atoms with Gasteiger partial charge < -0.3 is 33.9 Å². The van der Waals surface area contributed by atoms with Gasteiger partial charge in [-0.05, 0) is 97.8 Å². The Kier molecular flexibility index (Phi) is 15.4. The number of aryl methyl sites for hydroxylation is 2. The minimum atomic E-state index is -1.17. The van der Waals surface area contributed by atoms with Crippen LogP contribution in [0.5, 0.6) is 11.8 Å². The van der Waals surface area contributed by atoms with Crippen LogP contribution in [0.2, 0.25) is 10.3 Å². The normalized spacial score (nSPS) is 10.9. The Bertz CT molecular complexity index is 3700. The number of hydrogen-bond acceptors (Lipinski definition) is 10. The fourth-order valence-electron chi connectivity index (χ4n) is 8.68. The molecule has 0 aliphatic heterocycles. The van der Waals surface area contributed by atoms with Crippen LogP contribution < -0.4 is 28.3 Å². The second-order valence-electron chi connectivity index (χ2n) is 16.0. The first-order valence-electron chi connectivity index (χ1n) is 21.3. The van der Waals surface area contributed by atoms with Crippen LogP contribution in [-0.4, -0.2) is 72.9 Å². The molecule has 6 aromatic heterocycles. The zero-order chi connectivity index (χ0) is 48.7. The summed E-state index contributed by atoms with van der Waals surface area (Å²) < 4.78 is 48.9. The first-order chi connectivity index (χ1) is 33.3. The average molecular weight is 990 g/mol. The van der Waals surface area contributed by atoms with Gasteiger partial charge in [0, 0.05) is 67.3 Å². The molecule has 0 spiro atoms. The van der Waals surface area contributed by atoms with Crippen molar-refractivity contribution < 1.29 is 62.0 Å². The number of ether oxygens (including phenoxy) is 3. The van der Waals surface area contributed by atoms with Crippen LogP contribution in [0.1, 0.15) is 43.2 Å².